The Morgan fingerprint density at radius 2 is 2.00 bits per heavy atom. The monoisotopic (exact) mass is 290 g/mol. The molecule has 0 bridgehead atoms. The van der Waals surface area contributed by atoms with Crippen molar-refractivity contribution in [3.63, 3.8) is 0 Å². The zero-order valence-corrected chi connectivity index (χ0v) is 12.7. The summed E-state index contributed by atoms with van der Waals surface area (Å²) in [5, 5.41) is 0.581. The molecule has 106 valence electrons. The van der Waals surface area contributed by atoms with Gasteiger partial charge in [0.05, 0.1) is 11.3 Å². The number of Topliss-reactive ketones (excluding diaryl/α,β-unsaturated/α-hetero) is 1. The third kappa shape index (κ3) is 1.92. The second-order valence-corrected chi connectivity index (χ2v) is 6.89. The van der Waals surface area contributed by atoms with E-state index in [1.807, 2.05) is 23.9 Å². The molecule has 2 aliphatic heterocycles. The normalized spacial score (nSPS) is 26.1. The van der Waals surface area contributed by atoms with Crippen molar-refractivity contribution in [2.75, 3.05) is 29.1 Å². The van der Waals surface area contributed by atoms with E-state index in [9.17, 15) is 9.59 Å². The highest BCUT2D eigenvalue weighted by molar-refractivity contribution is 8.00. The number of fused-ring (bicyclic) bond motifs is 1. The fraction of sp³-hybridized carbons (Fsp3) is 0.467. The van der Waals surface area contributed by atoms with E-state index in [1.165, 1.54) is 4.90 Å². The molecule has 2 unspecified atom stereocenters. The van der Waals surface area contributed by atoms with Crippen molar-refractivity contribution in [3.05, 3.63) is 23.8 Å². The van der Waals surface area contributed by atoms with Gasteiger partial charge in [-0.2, -0.15) is 11.8 Å². The van der Waals surface area contributed by atoms with E-state index in [0.717, 1.165) is 23.7 Å². The number of hydrogen-bond acceptors (Lipinski definition) is 4. The van der Waals surface area contributed by atoms with Gasteiger partial charge in [0.2, 0.25) is 0 Å². The van der Waals surface area contributed by atoms with Crippen LogP contribution in [-0.4, -0.2) is 42.3 Å². The van der Waals surface area contributed by atoms with Crippen LogP contribution < -0.4 is 9.80 Å². The van der Waals surface area contributed by atoms with E-state index < -0.39 is 11.7 Å². The highest BCUT2D eigenvalue weighted by atomic mass is 32.2. The Balaban J connectivity index is 1.98. The molecule has 0 aliphatic carbocycles. The molecule has 5 heteroatoms. The number of hydrogen-bond donors (Lipinski definition) is 0. The Morgan fingerprint density at radius 1 is 1.25 bits per heavy atom. The van der Waals surface area contributed by atoms with Gasteiger partial charge in [-0.25, -0.2) is 0 Å². The summed E-state index contributed by atoms with van der Waals surface area (Å²) in [6.45, 7) is 5.47. The number of benzene rings is 1. The molecular weight excluding hydrogens is 272 g/mol. The number of ketones is 1. The Kier molecular flexibility index (Phi) is 3.24. The Morgan fingerprint density at radius 3 is 2.75 bits per heavy atom. The van der Waals surface area contributed by atoms with Crippen LogP contribution in [0.2, 0.25) is 0 Å². The molecule has 4 nitrogen and oxygen atoms in total. The lowest BCUT2D eigenvalue weighted by molar-refractivity contribution is -0.114. The van der Waals surface area contributed by atoms with Crippen molar-refractivity contribution in [3.8, 4) is 0 Å². The lowest BCUT2D eigenvalue weighted by Crippen LogP contribution is -2.44. The van der Waals surface area contributed by atoms with Crippen molar-refractivity contribution in [1.29, 1.82) is 0 Å². The predicted octanol–water partition coefficient (Wildman–Crippen LogP) is 2.18. The molecule has 1 fully saturated rings. The largest absolute Gasteiger partial charge is 0.367 e. The highest BCUT2D eigenvalue weighted by Gasteiger charge is 2.34. The summed E-state index contributed by atoms with van der Waals surface area (Å²) < 4.78 is 0. The molecule has 0 spiro atoms. The summed E-state index contributed by atoms with van der Waals surface area (Å²) in [5.74, 6) is 0.272. The molecule has 20 heavy (non-hydrogen) atoms. The molecule has 2 atom stereocenters. The maximum atomic E-state index is 11.8. The fourth-order valence-corrected chi connectivity index (χ4v) is 3.94. The lowest BCUT2D eigenvalue weighted by atomic mass is 10.1. The molecular formula is C15H18N2O2S. The van der Waals surface area contributed by atoms with Gasteiger partial charge in [0, 0.05) is 36.3 Å². The number of amides is 1. The molecule has 3 rings (SSSR count). The van der Waals surface area contributed by atoms with Crippen LogP contribution in [0.4, 0.5) is 11.4 Å². The van der Waals surface area contributed by atoms with E-state index in [-0.39, 0.29) is 0 Å². The van der Waals surface area contributed by atoms with Crippen molar-refractivity contribution in [2.24, 2.45) is 0 Å². The number of rotatable bonds is 1. The Bertz CT molecular complexity index is 587. The average Bonchev–Trinajstić information content (AvgIpc) is 2.67. The van der Waals surface area contributed by atoms with Crippen LogP contribution in [0.15, 0.2) is 18.2 Å². The topological polar surface area (TPSA) is 40.6 Å². The molecule has 1 aromatic carbocycles. The van der Waals surface area contributed by atoms with Crippen LogP contribution in [0.3, 0.4) is 0 Å². The van der Waals surface area contributed by atoms with Crippen molar-refractivity contribution >= 4 is 34.8 Å². The van der Waals surface area contributed by atoms with Gasteiger partial charge >= 0.3 is 0 Å². The molecule has 2 aliphatic rings. The predicted molar refractivity (Wildman–Crippen MR) is 82.9 cm³/mol. The summed E-state index contributed by atoms with van der Waals surface area (Å²) in [5.41, 5.74) is 2.35. The van der Waals surface area contributed by atoms with Gasteiger partial charge in [0.15, 0.2) is 0 Å². The minimum Gasteiger partial charge on any atom is -0.367 e. The summed E-state index contributed by atoms with van der Waals surface area (Å²) in [6, 6.07) is 6.16. The molecule has 0 N–H and O–H groups in total. The first-order chi connectivity index (χ1) is 9.50. The molecule has 0 saturated carbocycles. The van der Waals surface area contributed by atoms with E-state index in [1.54, 1.807) is 13.1 Å². The molecule has 2 heterocycles. The summed E-state index contributed by atoms with van der Waals surface area (Å²) in [4.78, 5) is 27.3. The number of carbonyl (C=O) groups is 2. The second kappa shape index (κ2) is 4.81. The first kappa shape index (κ1) is 13.5. The quantitative estimate of drug-likeness (QED) is 0.743. The fourth-order valence-electron chi connectivity index (χ4n) is 2.84. The van der Waals surface area contributed by atoms with Gasteiger partial charge in [-0.05, 0) is 25.1 Å². The minimum absolute atomic E-state index is 0.398. The van der Waals surface area contributed by atoms with E-state index in [2.05, 4.69) is 18.7 Å². The summed E-state index contributed by atoms with van der Waals surface area (Å²) in [7, 11) is 1.66. The van der Waals surface area contributed by atoms with Gasteiger partial charge in [-0.1, -0.05) is 6.92 Å². The highest BCUT2D eigenvalue weighted by Crippen LogP contribution is 2.35. The number of thioether (sulfide) groups is 1. The van der Waals surface area contributed by atoms with Crippen LogP contribution >= 0.6 is 11.8 Å². The molecule has 0 radical (unpaired) electrons. The number of anilines is 2. The standard InChI is InChI=1S/C15H18N2O2S/c1-9-10(2)20-7-6-17(9)11-4-5-12-13(8-11)16(3)15(19)14(12)18/h4-5,8-10H,6-7H2,1-3H3. The molecule has 0 aromatic heterocycles. The lowest BCUT2D eigenvalue weighted by Gasteiger charge is -2.39. The number of nitrogens with zero attached hydrogens (tertiary/aromatic N) is 2. The van der Waals surface area contributed by atoms with Crippen molar-refractivity contribution in [1.82, 2.24) is 0 Å². The van der Waals surface area contributed by atoms with Crippen LogP contribution in [0, 0.1) is 0 Å². The smallest absolute Gasteiger partial charge is 0.299 e. The maximum Gasteiger partial charge on any atom is 0.299 e. The van der Waals surface area contributed by atoms with Gasteiger partial charge in [0.25, 0.3) is 11.7 Å². The van der Waals surface area contributed by atoms with E-state index in [0.29, 0.717) is 16.9 Å². The summed E-state index contributed by atoms with van der Waals surface area (Å²) in [6.07, 6.45) is 0. The van der Waals surface area contributed by atoms with Gasteiger partial charge in [-0.15, -0.1) is 0 Å². The zero-order valence-electron chi connectivity index (χ0n) is 11.9. The number of carbonyl (C=O) groups excluding carboxylic acids is 2. The Labute approximate surface area is 123 Å². The molecule has 1 amide bonds. The Hall–Kier alpha value is -1.49. The third-order valence-corrected chi connectivity index (χ3v) is 5.64. The van der Waals surface area contributed by atoms with Crippen LogP contribution in [0.1, 0.15) is 24.2 Å². The van der Waals surface area contributed by atoms with Gasteiger partial charge in [-0.3, -0.25) is 9.59 Å². The van der Waals surface area contributed by atoms with Gasteiger partial charge < -0.3 is 9.80 Å². The van der Waals surface area contributed by atoms with Crippen LogP contribution in [0.5, 0.6) is 0 Å². The molecule has 1 aromatic rings. The third-order valence-electron chi connectivity index (χ3n) is 4.30. The van der Waals surface area contributed by atoms with Crippen LogP contribution in [-0.2, 0) is 4.79 Å². The minimum atomic E-state index is -0.437. The van der Waals surface area contributed by atoms with Crippen molar-refractivity contribution in [2.45, 2.75) is 25.1 Å². The second-order valence-electron chi connectivity index (χ2n) is 5.40. The summed E-state index contributed by atoms with van der Waals surface area (Å²) >= 11 is 1.99. The average molecular weight is 290 g/mol. The molecule has 1 saturated heterocycles. The van der Waals surface area contributed by atoms with Crippen LogP contribution in [0.25, 0.3) is 0 Å². The first-order valence-corrected chi connectivity index (χ1v) is 7.90. The van der Waals surface area contributed by atoms with Crippen molar-refractivity contribution < 1.29 is 9.59 Å². The van der Waals surface area contributed by atoms with Gasteiger partial charge in [0.1, 0.15) is 0 Å². The maximum absolute atomic E-state index is 11.8. The first-order valence-electron chi connectivity index (χ1n) is 6.85. The number of likely N-dealkylation sites (N-methyl/N-ethyl adjacent to an activating group) is 1. The SMILES string of the molecule is CC1SCCN(c2ccc3c(c2)N(C)C(=O)C3=O)C1C. The van der Waals surface area contributed by atoms with E-state index in [4.69, 9.17) is 0 Å². The van der Waals surface area contributed by atoms with E-state index >= 15 is 0 Å². The zero-order chi connectivity index (χ0) is 14.4.